The second kappa shape index (κ2) is 7.28. The Kier molecular flexibility index (Phi) is 5.41. The van der Waals surface area contributed by atoms with E-state index < -0.39 is 6.10 Å². The van der Waals surface area contributed by atoms with Crippen LogP contribution in [-0.4, -0.2) is 28.6 Å². The number of carbonyl (C=O) groups is 1. The summed E-state index contributed by atoms with van der Waals surface area (Å²) in [6.45, 7) is 2.16. The normalized spacial score (nSPS) is 12.1. The Morgan fingerprint density at radius 2 is 2.24 bits per heavy atom. The number of nitrogens with one attached hydrogen (secondary N) is 1. The van der Waals surface area contributed by atoms with E-state index in [2.05, 4.69) is 10.3 Å². The second-order valence-corrected chi connectivity index (χ2v) is 5.53. The van der Waals surface area contributed by atoms with Gasteiger partial charge in [-0.15, -0.1) is 11.3 Å². The van der Waals surface area contributed by atoms with Crippen molar-refractivity contribution in [2.45, 2.75) is 25.9 Å². The van der Waals surface area contributed by atoms with Crippen molar-refractivity contribution in [3.63, 3.8) is 0 Å². The van der Waals surface area contributed by atoms with Gasteiger partial charge in [-0.2, -0.15) is 0 Å². The predicted octanol–water partition coefficient (Wildman–Crippen LogP) is 2.84. The number of thiazole rings is 1. The van der Waals surface area contributed by atoms with Crippen LogP contribution < -0.4 is 5.32 Å². The summed E-state index contributed by atoms with van der Waals surface area (Å²) in [6, 6.07) is 6.31. The molecule has 1 aromatic carbocycles. The smallest absolute Gasteiger partial charge is 0.270 e. The summed E-state index contributed by atoms with van der Waals surface area (Å²) in [5, 5.41) is 14.3. The molecule has 0 spiro atoms. The minimum absolute atomic E-state index is 0.194. The topological polar surface area (TPSA) is 62.2 Å². The van der Waals surface area contributed by atoms with Crippen molar-refractivity contribution in [3.05, 3.63) is 41.2 Å². The maximum Gasteiger partial charge on any atom is 0.270 e. The lowest BCUT2D eigenvalue weighted by Gasteiger charge is -2.09. The van der Waals surface area contributed by atoms with Crippen LogP contribution in [0.3, 0.4) is 0 Å². The fourth-order valence-electron chi connectivity index (χ4n) is 1.87. The first-order valence-corrected chi connectivity index (χ1v) is 7.66. The van der Waals surface area contributed by atoms with Gasteiger partial charge in [0.15, 0.2) is 0 Å². The van der Waals surface area contributed by atoms with Crippen LogP contribution in [0.4, 0.5) is 4.39 Å². The van der Waals surface area contributed by atoms with Crippen molar-refractivity contribution in [1.29, 1.82) is 0 Å². The van der Waals surface area contributed by atoms with Crippen molar-refractivity contribution >= 4 is 17.2 Å². The Hall–Kier alpha value is -1.79. The number of rotatable bonds is 6. The van der Waals surface area contributed by atoms with E-state index in [9.17, 15) is 14.3 Å². The molecule has 21 heavy (non-hydrogen) atoms. The monoisotopic (exact) mass is 308 g/mol. The van der Waals surface area contributed by atoms with Crippen molar-refractivity contribution < 1.29 is 14.3 Å². The molecule has 1 aromatic heterocycles. The Labute approximate surface area is 126 Å². The molecule has 0 aliphatic carbocycles. The van der Waals surface area contributed by atoms with E-state index in [4.69, 9.17) is 0 Å². The van der Waals surface area contributed by atoms with Crippen molar-refractivity contribution in [2.24, 2.45) is 0 Å². The molecule has 0 bridgehead atoms. The number of hydrogen-bond acceptors (Lipinski definition) is 4. The molecule has 0 saturated heterocycles. The lowest BCUT2D eigenvalue weighted by molar-refractivity contribution is 0.0906. The average molecular weight is 308 g/mol. The first-order chi connectivity index (χ1) is 10.1. The lowest BCUT2D eigenvalue weighted by Crippen LogP contribution is -2.32. The summed E-state index contributed by atoms with van der Waals surface area (Å²) in [5.41, 5.74) is 0.620. The summed E-state index contributed by atoms with van der Waals surface area (Å²) in [6.07, 6.45) is 0.937. The van der Waals surface area contributed by atoms with Crippen LogP contribution in [0.25, 0.3) is 10.6 Å². The molecule has 0 radical (unpaired) electrons. The number of carbonyl (C=O) groups excluding carboxylic acids is 1. The molecule has 4 nitrogen and oxygen atoms in total. The highest BCUT2D eigenvalue weighted by atomic mass is 32.1. The number of benzene rings is 1. The molecule has 1 atom stereocenters. The Bertz CT molecular complexity index is 615. The summed E-state index contributed by atoms with van der Waals surface area (Å²) < 4.78 is 13.7. The van der Waals surface area contributed by atoms with Crippen LogP contribution in [0, 0.1) is 5.82 Å². The number of halogens is 1. The van der Waals surface area contributed by atoms with Gasteiger partial charge in [0.2, 0.25) is 0 Å². The number of aliphatic hydroxyl groups excluding tert-OH is 1. The number of nitrogens with zero attached hydrogens (tertiary/aromatic N) is 1. The van der Waals surface area contributed by atoms with Crippen molar-refractivity contribution in [1.82, 2.24) is 10.3 Å². The van der Waals surface area contributed by atoms with Gasteiger partial charge in [0.1, 0.15) is 16.5 Å². The van der Waals surface area contributed by atoms with E-state index >= 15 is 0 Å². The molecule has 0 fully saturated rings. The SMILES string of the molecule is CCCC(O)CNC(=O)c1csc(-c2ccccc2F)n1. The average Bonchev–Trinajstić information content (AvgIpc) is 2.95. The quantitative estimate of drug-likeness (QED) is 0.862. The first-order valence-electron chi connectivity index (χ1n) is 6.78. The van der Waals surface area contributed by atoms with Gasteiger partial charge < -0.3 is 10.4 Å². The lowest BCUT2D eigenvalue weighted by atomic mass is 10.2. The Balaban J connectivity index is 2.03. The molecule has 0 saturated carbocycles. The zero-order valence-electron chi connectivity index (χ0n) is 11.7. The standard InChI is InChI=1S/C15H17FN2O2S/c1-2-5-10(19)8-17-14(20)13-9-21-15(18-13)11-6-3-4-7-12(11)16/h3-4,6-7,9-10,19H,2,5,8H2,1H3,(H,17,20). The largest absolute Gasteiger partial charge is 0.391 e. The fraction of sp³-hybridized carbons (Fsp3) is 0.333. The molecule has 0 aliphatic rings. The summed E-state index contributed by atoms with van der Waals surface area (Å²) >= 11 is 1.22. The predicted molar refractivity (Wildman–Crippen MR) is 80.8 cm³/mol. The van der Waals surface area contributed by atoms with Crippen molar-refractivity contribution in [2.75, 3.05) is 6.54 Å². The highest BCUT2D eigenvalue weighted by Gasteiger charge is 2.14. The Morgan fingerprint density at radius 1 is 1.48 bits per heavy atom. The van der Waals surface area contributed by atoms with E-state index in [0.717, 1.165) is 6.42 Å². The molecule has 112 valence electrons. The van der Waals surface area contributed by atoms with Crippen molar-refractivity contribution in [3.8, 4) is 10.6 Å². The van der Waals surface area contributed by atoms with Gasteiger partial charge in [-0.3, -0.25) is 4.79 Å². The van der Waals surface area contributed by atoms with Crippen LogP contribution in [0.5, 0.6) is 0 Å². The van der Waals surface area contributed by atoms with Gasteiger partial charge in [0.25, 0.3) is 5.91 Å². The highest BCUT2D eigenvalue weighted by molar-refractivity contribution is 7.13. The third-order valence-corrected chi connectivity index (χ3v) is 3.84. The minimum Gasteiger partial charge on any atom is -0.391 e. The minimum atomic E-state index is -0.552. The number of amides is 1. The molecular weight excluding hydrogens is 291 g/mol. The summed E-state index contributed by atoms with van der Waals surface area (Å²) in [7, 11) is 0. The molecular formula is C15H17FN2O2S. The van der Waals surface area contributed by atoms with Crippen LogP contribution >= 0.6 is 11.3 Å². The zero-order chi connectivity index (χ0) is 15.2. The van der Waals surface area contributed by atoms with E-state index in [1.807, 2.05) is 6.92 Å². The molecule has 0 aliphatic heterocycles. The van der Waals surface area contributed by atoms with Gasteiger partial charge in [-0.05, 0) is 18.6 Å². The molecule has 1 heterocycles. The first kappa shape index (κ1) is 15.6. The van der Waals surface area contributed by atoms with Gasteiger partial charge in [0.05, 0.1) is 6.10 Å². The third kappa shape index (κ3) is 4.09. The van der Waals surface area contributed by atoms with Gasteiger partial charge in [-0.25, -0.2) is 9.37 Å². The zero-order valence-corrected chi connectivity index (χ0v) is 12.5. The van der Waals surface area contributed by atoms with Gasteiger partial charge >= 0.3 is 0 Å². The molecule has 2 aromatic rings. The van der Waals surface area contributed by atoms with E-state index in [1.165, 1.54) is 17.4 Å². The van der Waals surface area contributed by atoms with E-state index in [0.29, 0.717) is 17.0 Å². The fourth-order valence-corrected chi connectivity index (χ4v) is 2.70. The third-order valence-electron chi connectivity index (χ3n) is 2.96. The summed E-state index contributed by atoms with van der Waals surface area (Å²) in [4.78, 5) is 16.1. The number of aliphatic hydroxyl groups is 1. The summed E-state index contributed by atoms with van der Waals surface area (Å²) in [5.74, 6) is -0.721. The maximum atomic E-state index is 13.7. The van der Waals surface area contributed by atoms with Crippen LogP contribution in [0.15, 0.2) is 29.6 Å². The number of aromatic nitrogens is 1. The van der Waals surface area contributed by atoms with E-state index in [-0.39, 0.29) is 24.0 Å². The van der Waals surface area contributed by atoms with Gasteiger partial charge in [0, 0.05) is 17.5 Å². The molecule has 6 heteroatoms. The second-order valence-electron chi connectivity index (χ2n) is 4.67. The van der Waals surface area contributed by atoms with Gasteiger partial charge in [-0.1, -0.05) is 25.5 Å². The van der Waals surface area contributed by atoms with E-state index in [1.54, 1.807) is 23.6 Å². The molecule has 1 amide bonds. The highest BCUT2D eigenvalue weighted by Crippen LogP contribution is 2.25. The van der Waals surface area contributed by atoms with Crippen LogP contribution in [0.1, 0.15) is 30.3 Å². The molecule has 1 unspecified atom stereocenters. The maximum absolute atomic E-state index is 13.7. The van der Waals surface area contributed by atoms with Crippen LogP contribution in [0.2, 0.25) is 0 Å². The molecule has 2 rings (SSSR count). The van der Waals surface area contributed by atoms with Crippen LogP contribution in [-0.2, 0) is 0 Å². The molecule has 2 N–H and O–H groups in total. The number of hydrogen-bond donors (Lipinski definition) is 2. The Morgan fingerprint density at radius 3 is 2.95 bits per heavy atom.